The van der Waals surface area contributed by atoms with E-state index in [0.29, 0.717) is 11.3 Å². The van der Waals surface area contributed by atoms with Crippen LogP contribution in [0.15, 0.2) is 30.7 Å². The molecule has 16 heavy (non-hydrogen) atoms. The fourth-order valence-electron chi connectivity index (χ4n) is 1.68. The Morgan fingerprint density at radius 1 is 1.44 bits per heavy atom. The van der Waals surface area contributed by atoms with Gasteiger partial charge in [0.2, 0.25) is 0 Å². The van der Waals surface area contributed by atoms with Gasteiger partial charge in [0.15, 0.2) is 0 Å². The van der Waals surface area contributed by atoms with Crippen molar-refractivity contribution in [1.82, 2.24) is 9.55 Å². The van der Waals surface area contributed by atoms with Gasteiger partial charge >= 0.3 is 0 Å². The zero-order valence-electron chi connectivity index (χ0n) is 9.18. The largest absolute Gasteiger partial charge is 0.382 e. The zero-order valence-corrected chi connectivity index (χ0v) is 9.18. The van der Waals surface area contributed by atoms with E-state index < -0.39 is 6.10 Å². The van der Waals surface area contributed by atoms with Crippen molar-refractivity contribution >= 4 is 0 Å². The molecule has 4 heteroatoms. The van der Waals surface area contributed by atoms with E-state index in [1.165, 1.54) is 12.1 Å². The van der Waals surface area contributed by atoms with Gasteiger partial charge in [-0.1, -0.05) is 6.07 Å². The Bertz CT molecular complexity index is 507. The molecule has 0 aliphatic heterocycles. The second-order valence-electron chi connectivity index (χ2n) is 3.87. The number of aliphatic hydroxyl groups is 1. The van der Waals surface area contributed by atoms with Crippen LogP contribution in [-0.4, -0.2) is 14.7 Å². The lowest BCUT2D eigenvalue weighted by molar-refractivity contribution is 0.215. The first kappa shape index (κ1) is 10.8. The summed E-state index contributed by atoms with van der Waals surface area (Å²) in [5.74, 6) is -0.297. The van der Waals surface area contributed by atoms with E-state index in [4.69, 9.17) is 0 Å². The number of aromatic nitrogens is 2. The van der Waals surface area contributed by atoms with E-state index >= 15 is 0 Å². The van der Waals surface area contributed by atoms with Crippen LogP contribution >= 0.6 is 0 Å². The molecule has 1 aromatic heterocycles. The first-order chi connectivity index (χ1) is 7.58. The van der Waals surface area contributed by atoms with Crippen molar-refractivity contribution in [3.8, 4) is 0 Å². The maximum atomic E-state index is 12.9. The molecule has 1 unspecified atom stereocenters. The predicted octanol–water partition coefficient (Wildman–Crippen LogP) is 1.95. The number of aryl methyl sites for hydroxylation is 2. The van der Waals surface area contributed by atoms with Crippen LogP contribution in [0.25, 0.3) is 0 Å². The van der Waals surface area contributed by atoms with E-state index in [0.717, 1.165) is 5.56 Å². The molecule has 2 rings (SSSR count). The average molecular weight is 220 g/mol. The summed E-state index contributed by atoms with van der Waals surface area (Å²) in [5, 5.41) is 10.1. The van der Waals surface area contributed by atoms with E-state index in [9.17, 15) is 9.50 Å². The van der Waals surface area contributed by atoms with Gasteiger partial charge in [0, 0.05) is 13.2 Å². The van der Waals surface area contributed by atoms with Crippen LogP contribution in [0, 0.1) is 12.7 Å². The van der Waals surface area contributed by atoms with Crippen molar-refractivity contribution in [2.24, 2.45) is 7.05 Å². The molecule has 3 nitrogen and oxygen atoms in total. The van der Waals surface area contributed by atoms with Crippen LogP contribution in [0.1, 0.15) is 22.9 Å². The molecule has 0 bridgehead atoms. The van der Waals surface area contributed by atoms with Crippen molar-refractivity contribution in [2.45, 2.75) is 13.0 Å². The molecule has 0 amide bonds. The van der Waals surface area contributed by atoms with Crippen molar-refractivity contribution in [1.29, 1.82) is 0 Å². The van der Waals surface area contributed by atoms with Crippen LogP contribution in [0.2, 0.25) is 0 Å². The van der Waals surface area contributed by atoms with E-state index in [1.54, 1.807) is 30.1 Å². The quantitative estimate of drug-likeness (QED) is 0.840. The lowest BCUT2D eigenvalue weighted by Crippen LogP contribution is -2.02. The molecule has 0 aliphatic carbocycles. The Morgan fingerprint density at radius 3 is 2.75 bits per heavy atom. The van der Waals surface area contributed by atoms with Gasteiger partial charge in [0.05, 0.1) is 12.0 Å². The smallest absolute Gasteiger partial charge is 0.123 e. The van der Waals surface area contributed by atoms with E-state index in [1.807, 2.05) is 7.05 Å². The number of nitrogens with zero attached hydrogens (tertiary/aromatic N) is 2. The highest BCUT2D eigenvalue weighted by atomic mass is 19.1. The Hall–Kier alpha value is -1.68. The van der Waals surface area contributed by atoms with Crippen molar-refractivity contribution in [3.05, 3.63) is 53.4 Å². The molecule has 0 fully saturated rings. The van der Waals surface area contributed by atoms with Crippen molar-refractivity contribution in [2.75, 3.05) is 0 Å². The van der Waals surface area contributed by atoms with E-state index in [-0.39, 0.29) is 5.82 Å². The average Bonchev–Trinajstić information content (AvgIpc) is 2.64. The maximum absolute atomic E-state index is 12.9. The molecular formula is C12H13FN2O. The van der Waals surface area contributed by atoms with Crippen molar-refractivity contribution in [3.63, 3.8) is 0 Å². The number of benzene rings is 1. The number of hydrogen-bond acceptors (Lipinski definition) is 2. The molecule has 84 valence electrons. The van der Waals surface area contributed by atoms with Gasteiger partial charge in [-0.15, -0.1) is 0 Å². The number of halogens is 1. The molecule has 0 radical (unpaired) electrons. The molecular weight excluding hydrogens is 207 g/mol. The summed E-state index contributed by atoms with van der Waals surface area (Å²) >= 11 is 0. The lowest BCUT2D eigenvalue weighted by atomic mass is 10.0. The van der Waals surface area contributed by atoms with Crippen LogP contribution in [0.4, 0.5) is 4.39 Å². The molecule has 1 heterocycles. The molecule has 2 aromatic rings. The van der Waals surface area contributed by atoms with Gasteiger partial charge in [0.25, 0.3) is 0 Å². The molecule has 0 saturated heterocycles. The number of aliphatic hydroxyl groups excluding tert-OH is 1. The van der Waals surface area contributed by atoms with Crippen molar-refractivity contribution < 1.29 is 9.50 Å². The van der Waals surface area contributed by atoms with Crippen LogP contribution < -0.4 is 0 Å². The Balaban J connectivity index is 2.37. The minimum absolute atomic E-state index is 0.297. The maximum Gasteiger partial charge on any atom is 0.123 e. The SMILES string of the molecule is Cc1cc(F)ccc1C(O)c1cn(C)cn1. The van der Waals surface area contributed by atoms with Gasteiger partial charge < -0.3 is 9.67 Å². The number of imidazole rings is 1. The third kappa shape index (κ3) is 1.97. The van der Waals surface area contributed by atoms with Gasteiger partial charge in [-0.05, 0) is 30.2 Å². The van der Waals surface area contributed by atoms with Gasteiger partial charge in [-0.3, -0.25) is 0 Å². The summed E-state index contributed by atoms with van der Waals surface area (Å²) in [6.45, 7) is 1.77. The summed E-state index contributed by atoms with van der Waals surface area (Å²) in [6, 6.07) is 4.33. The second-order valence-corrected chi connectivity index (χ2v) is 3.87. The fourth-order valence-corrected chi connectivity index (χ4v) is 1.68. The third-order valence-corrected chi connectivity index (χ3v) is 2.53. The van der Waals surface area contributed by atoms with Gasteiger partial charge in [-0.25, -0.2) is 9.37 Å². The molecule has 1 N–H and O–H groups in total. The molecule has 1 aromatic carbocycles. The van der Waals surface area contributed by atoms with Gasteiger partial charge in [-0.2, -0.15) is 0 Å². The summed E-state index contributed by atoms with van der Waals surface area (Å²) in [6.07, 6.45) is 2.56. The fraction of sp³-hybridized carbons (Fsp3) is 0.250. The Kier molecular flexibility index (Phi) is 2.75. The van der Waals surface area contributed by atoms with Crippen LogP contribution in [0.5, 0.6) is 0 Å². The number of rotatable bonds is 2. The van der Waals surface area contributed by atoms with E-state index in [2.05, 4.69) is 4.98 Å². The Morgan fingerprint density at radius 2 is 2.19 bits per heavy atom. The zero-order chi connectivity index (χ0) is 11.7. The lowest BCUT2D eigenvalue weighted by Gasteiger charge is -2.11. The first-order valence-electron chi connectivity index (χ1n) is 5.00. The molecule has 1 atom stereocenters. The summed E-state index contributed by atoms with van der Waals surface area (Å²) < 4.78 is 14.7. The monoisotopic (exact) mass is 220 g/mol. The summed E-state index contributed by atoms with van der Waals surface area (Å²) in [5.41, 5.74) is 1.97. The van der Waals surface area contributed by atoms with Crippen LogP contribution in [0.3, 0.4) is 0 Å². The highest BCUT2D eigenvalue weighted by molar-refractivity contribution is 5.32. The summed E-state index contributed by atoms with van der Waals surface area (Å²) in [4.78, 5) is 4.07. The standard InChI is InChI=1S/C12H13FN2O/c1-8-5-9(13)3-4-10(8)12(16)11-6-15(2)7-14-11/h3-7,12,16H,1-2H3. The highest BCUT2D eigenvalue weighted by Gasteiger charge is 2.15. The number of hydrogen-bond donors (Lipinski definition) is 1. The minimum atomic E-state index is -0.804. The first-order valence-corrected chi connectivity index (χ1v) is 5.00. The molecule has 0 aliphatic rings. The third-order valence-electron chi connectivity index (χ3n) is 2.53. The second kappa shape index (κ2) is 4.06. The summed E-state index contributed by atoms with van der Waals surface area (Å²) in [7, 11) is 1.83. The van der Waals surface area contributed by atoms with Gasteiger partial charge in [0.1, 0.15) is 11.9 Å². The molecule has 0 saturated carbocycles. The Labute approximate surface area is 93.2 Å². The van der Waals surface area contributed by atoms with Crippen LogP contribution in [-0.2, 0) is 7.05 Å². The molecule has 0 spiro atoms. The predicted molar refractivity (Wildman–Crippen MR) is 58.4 cm³/mol. The normalized spacial score (nSPS) is 12.8. The highest BCUT2D eigenvalue weighted by Crippen LogP contribution is 2.23. The topological polar surface area (TPSA) is 38.0 Å². The minimum Gasteiger partial charge on any atom is -0.382 e.